The van der Waals surface area contributed by atoms with Crippen LogP contribution in [0.3, 0.4) is 0 Å². The van der Waals surface area contributed by atoms with Gasteiger partial charge in [0.2, 0.25) is 0 Å². The Labute approximate surface area is 103 Å². The monoisotopic (exact) mass is 163 g/mol. The van der Waals surface area contributed by atoms with Gasteiger partial charge in [-0.05, 0) is 24.3 Å². The van der Waals surface area contributed by atoms with Crippen molar-refractivity contribution in [3.8, 4) is 11.5 Å². The van der Waals surface area contributed by atoms with Crippen LogP contribution in [0.2, 0.25) is 0 Å². The molecule has 1 aromatic carbocycles. The van der Waals surface area contributed by atoms with Crippen LogP contribution in [0.4, 0.5) is 0 Å². The van der Waals surface area contributed by atoms with Gasteiger partial charge in [-0.2, -0.15) is 0 Å². The predicted octanol–water partition coefficient (Wildman–Crippen LogP) is 1.02. The van der Waals surface area contributed by atoms with Gasteiger partial charge in [0.1, 0.15) is 11.5 Å². The molecule has 1 N–H and O–H groups in total. The molecular weight excluding hydrogens is 155 g/mol. The average Bonchev–Trinajstić information content (AvgIpc) is 1.90. The Morgan fingerprint density at radius 2 is 1.70 bits per heavy atom. The molecule has 3 heteroatoms. The number of methoxy groups -OCH3 is 1. The van der Waals surface area contributed by atoms with Crippen molar-refractivity contribution in [2.75, 3.05) is 7.11 Å². The van der Waals surface area contributed by atoms with E-state index >= 15 is 0 Å². The molecule has 1 rings (SSSR count). The molecule has 0 spiro atoms. The minimum Gasteiger partial charge on any atom is -0.508 e. The fourth-order valence-corrected chi connectivity index (χ4v) is 0.582. The second-order valence-corrected chi connectivity index (χ2v) is 1.70. The third-order valence-corrected chi connectivity index (χ3v) is 1.07. The van der Waals surface area contributed by atoms with Gasteiger partial charge in [-0.15, -0.1) is 0 Å². The Hall–Kier alpha value is 0.456. The number of rotatable bonds is 1. The summed E-state index contributed by atoms with van der Waals surface area (Å²) in [6.07, 6.45) is 0. The second-order valence-electron chi connectivity index (χ2n) is 1.70. The van der Waals surface area contributed by atoms with E-state index in [1.807, 2.05) is 0 Å². The molecular formula is C7H8KO2. The van der Waals surface area contributed by atoms with Gasteiger partial charge in [0.05, 0.1) is 7.11 Å². The van der Waals surface area contributed by atoms with Crippen molar-refractivity contribution in [1.29, 1.82) is 0 Å². The molecule has 2 nitrogen and oxygen atoms in total. The molecule has 0 heterocycles. The van der Waals surface area contributed by atoms with E-state index in [4.69, 9.17) is 9.84 Å². The number of phenolic OH excluding ortho intramolecular Hbond substituents is 1. The third kappa shape index (κ3) is 3.03. The largest absolute Gasteiger partial charge is 0.508 e. The molecule has 0 saturated carbocycles. The zero-order valence-electron chi connectivity index (χ0n) is 6.16. The maximum Gasteiger partial charge on any atom is 0.119 e. The van der Waals surface area contributed by atoms with Crippen LogP contribution >= 0.6 is 0 Å². The first-order chi connectivity index (χ1) is 4.33. The maximum absolute atomic E-state index is 8.80. The first kappa shape index (κ1) is 10.5. The van der Waals surface area contributed by atoms with Crippen LogP contribution in [-0.4, -0.2) is 63.6 Å². The smallest absolute Gasteiger partial charge is 0.119 e. The summed E-state index contributed by atoms with van der Waals surface area (Å²) in [5, 5.41) is 8.80. The summed E-state index contributed by atoms with van der Waals surface area (Å²) in [5.41, 5.74) is 0. The molecule has 0 aliphatic carbocycles. The summed E-state index contributed by atoms with van der Waals surface area (Å²) in [4.78, 5) is 0. The number of aromatic hydroxyl groups is 1. The Bertz CT molecular complexity index is 183. The molecule has 0 atom stereocenters. The van der Waals surface area contributed by atoms with Gasteiger partial charge < -0.3 is 9.84 Å². The summed E-state index contributed by atoms with van der Waals surface area (Å²) in [6.45, 7) is 0. The van der Waals surface area contributed by atoms with Crippen LogP contribution in [0.1, 0.15) is 0 Å². The minimum atomic E-state index is 0. The Balaban J connectivity index is 0.000000810. The molecule has 0 saturated heterocycles. The summed E-state index contributed by atoms with van der Waals surface area (Å²) in [7, 11) is 1.59. The molecule has 10 heavy (non-hydrogen) atoms. The van der Waals surface area contributed by atoms with Gasteiger partial charge in [-0.25, -0.2) is 0 Å². The summed E-state index contributed by atoms with van der Waals surface area (Å²) in [6, 6.07) is 6.57. The molecule has 0 unspecified atom stereocenters. The zero-order valence-corrected chi connectivity index (χ0v) is 9.29. The molecule has 1 radical (unpaired) electrons. The molecule has 0 amide bonds. The number of ether oxygens (including phenoxy) is 1. The van der Waals surface area contributed by atoms with Gasteiger partial charge in [0.25, 0.3) is 0 Å². The second kappa shape index (κ2) is 5.15. The Kier molecular flexibility index (Phi) is 5.39. The SMILES string of the molecule is COc1ccc(O)cc1.[K]. The average molecular weight is 163 g/mol. The van der Waals surface area contributed by atoms with Crippen LogP contribution in [0.5, 0.6) is 11.5 Å². The normalized spacial score (nSPS) is 8.10. The van der Waals surface area contributed by atoms with Gasteiger partial charge in [-0.3, -0.25) is 0 Å². The van der Waals surface area contributed by atoms with Crippen molar-refractivity contribution >= 4 is 51.4 Å². The minimum absolute atomic E-state index is 0. The van der Waals surface area contributed by atoms with E-state index in [1.54, 1.807) is 31.4 Å². The fraction of sp³-hybridized carbons (Fsp3) is 0.143. The number of hydrogen-bond donors (Lipinski definition) is 1. The topological polar surface area (TPSA) is 29.5 Å². The molecule has 0 bridgehead atoms. The maximum atomic E-state index is 8.80. The van der Waals surface area contributed by atoms with Crippen LogP contribution in [0, 0.1) is 0 Å². The van der Waals surface area contributed by atoms with Gasteiger partial charge in [0, 0.05) is 51.4 Å². The van der Waals surface area contributed by atoms with E-state index in [9.17, 15) is 0 Å². The molecule has 49 valence electrons. The Morgan fingerprint density at radius 1 is 1.20 bits per heavy atom. The van der Waals surface area contributed by atoms with E-state index in [2.05, 4.69) is 0 Å². The first-order valence-electron chi connectivity index (χ1n) is 2.66. The molecule has 0 aliphatic rings. The summed E-state index contributed by atoms with van der Waals surface area (Å²) in [5.74, 6) is 1.02. The molecule has 0 fully saturated rings. The number of phenols is 1. The van der Waals surface area contributed by atoms with E-state index in [1.165, 1.54) is 0 Å². The summed E-state index contributed by atoms with van der Waals surface area (Å²) < 4.78 is 4.86. The van der Waals surface area contributed by atoms with Crippen molar-refractivity contribution in [2.24, 2.45) is 0 Å². The van der Waals surface area contributed by atoms with E-state index in [0.29, 0.717) is 0 Å². The molecule has 1 aromatic rings. The number of benzene rings is 1. The third-order valence-electron chi connectivity index (χ3n) is 1.07. The van der Waals surface area contributed by atoms with Crippen molar-refractivity contribution in [3.05, 3.63) is 24.3 Å². The fourth-order valence-electron chi connectivity index (χ4n) is 0.582. The summed E-state index contributed by atoms with van der Waals surface area (Å²) >= 11 is 0. The van der Waals surface area contributed by atoms with Crippen LogP contribution in [0.15, 0.2) is 24.3 Å². The predicted molar refractivity (Wildman–Crippen MR) is 40.4 cm³/mol. The van der Waals surface area contributed by atoms with E-state index < -0.39 is 0 Å². The van der Waals surface area contributed by atoms with Crippen molar-refractivity contribution < 1.29 is 9.84 Å². The molecule has 0 aliphatic heterocycles. The van der Waals surface area contributed by atoms with Gasteiger partial charge >= 0.3 is 0 Å². The first-order valence-corrected chi connectivity index (χ1v) is 2.66. The molecule has 0 aromatic heterocycles. The van der Waals surface area contributed by atoms with Crippen LogP contribution in [-0.2, 0) is 0 Å². The van der Waals surface area contributed by atoms with Gasteiger partial charge in [0.15, 0.2) is 0 Å². The van der Waals surface area contributed by atoms with Crippen LogP contribution < -0.4 is 4.74 Å². The van der Waals surface area contributed by atoms with Crippen molar-refractivity contribution in [3.63, 3.8) is 0 Å². The van der Waals surface area contributed by atoms with Gasteiger partial charge in [-0.1, -0.05) is 0 Å². The number of hydrogen-bond acceptors (Lipinski definition) is 2. The zero-order chi connectivity index (χ0) is 6.69. The van der Waals surface area contributed by atoms with Crippen LogP contribution in [0.25, 0.3) is 0 Å². The quantitative estimate of drug-likeness (QED) is 0.626. The van der Waals surface area contributed by atoms with Crippen molar-refractivity contribution in [1.82, 2.24) is 0 Å². The Morgan fingerprint density at radius 3 is 2.10 bits per heavy atom. The standard InChI is InChI=1S/C7H8O2.K/c1-9-7-4-2-6(8)3-5-7;/h2-5,8H,1H3;. The van der Waals surface area contributed by atoms with E-state index in [0.717, 1.165) is 5.75 Å². The van der Waals surface area contributed by atoms with E-state index in [-0.39, 0.29) is 57.1 Å². The van der Waals surface area contributed by atoms with Crippen molar-refractivity contribution in [2.45, 2.75) is 0 Å².